The highest BCUT2D eigenvalue weighted by Crippen LogP contribution is 2.30. The van der Waals surface area contributed by atoms with Crippen molar-refractivity contribution in [2.75, 3.05) is 0 Å². The maximum atomic E-state index is 5.99. The minimum atomic E-state index is -0.206. The Morgan fingerprint density at radius 2 is 1.64 bits per heavy atom. The first kappa shape index (κ1) is 11.2. The van der Waals surface area contributed by atoms with Crippen LogP contribution in [0.4, 0.5) is 0 Å². The van der Waals surface area contributed by atoms with Gasteiger partial charge in [-0.1, -0.05) is 34.6 Å². The van der Waals surface area contributed by atoms with E-state index < -0.39 is 0 Å². The fraction of sp³-hybridized carbons (Fsp3) is 0.800. The molecule has 1 rings (SSSR count). The van der Waals surface area contributed by atoms with Gasteiger partial charge in [0.25, 0.3) is 0 Å². The summed E-state index contributed by atoms with van der Waals surface area (Å²) >= 11 is 0. The van der Waals surface area contributed by atoms with Crippen LogP contribution in [0.3, 0.4) is 0 Å². The van der Waals surface area contributed by atoms with Crippen molar-refractivity contribution in [2.24, 2.45) is 11.1 Å². The van der Waals surface area contributed by atoms with Crippen molar-refractivity contribution in [3.05, 3.63) is 11.8 Å². The molecule has 4 nitrogen and oxygen atoms in total. The molecule has 1 atom stereocenters. The van der Waals surface area contributed by atoms with Gasteiger partial charge in [-0.05, 0) is 5.41 Å². The standard InChI is InChI=1S/C10H19N3O/c1-6(2)8-12-13-9(14-8)7(11)10(3,4)5/h6-7H,11H2,1-5H3. The Morgan fingerprint density at radius 3 is 2.00 bits per heavy atom. The van der Waals surface area contributed by atoms with E-state index in [1.165, 1.54) is 0 Å². The van der Waals surface area contributed by atoms with Gasteiger partial charge in [-0.3, -0.25) is 0 Å². The van der Waals surface area contributed by atoms with Gasteiger partial charge in [0, 0.05) is 5.92 Å². The average Bonchev–Trinajstić information content (AvgIpc) is 2.48. The highest BCUT2D eigenvalue weighted by Gasteiger charge is 2.27. The van der Waals surface area contributed by atoms with Crippen LogP contribution in [0, 0.1) is 5.41 Å². The molecule has 0 aliphatic rings. The van der Waals surface area contributed by atoms with E-state index in [0.29, 0.717) is 11.8 Å². The third-order valence-electron chi connectivity index (χ3n) is 2.15. The van der Waals surface area contributed by atoms with Gasteiger partial charge in [-0.25, -0.2) is 0 Å². The summed E-state index contributed by atoms with van der Waals surface area (Å²) in [5, 5.41) is 7.92. The molecule has 1 aromatic rings. The number of nitrogens with two attached hydrogens (primary N) is 1. The minimum absolute atomic E-state index is 0.0548. The average molecular weight is 197 g/mol. The third kappa shape index (κ3) is 2.32. The number of aromatic nitrogens is 2. The molecule has 14 heavy (non-hydrogen) atoms. The number of nitrogens with zero attached hydrogens (tertiary/aromatic N) is 2. The van der Waals surface area contributed by atoms with E-state index in [1.54, 1.807) is 0 Å². The summed E-state index contributed by atoms with van der Waals surface area (Å²) in [4.78, 5) is 0. The van der Waals surface area contributed by atoms with Crippen molar-refractivity contribution < 1.29 is 4.42 Å². The zero-order valence-corrected chi connectivity index (χ0v) is 9.53. The van der Waals surface area contributed by atoms with E-state index in [0.717, 1.165) is 0 Å². The van der Waals surface area contributed by atoms with Crippen molar-refractivity contribution in [3.8, 4) is 0 Å². The van der Waals surface area contributed by atoms with Gasteiger partial charge in [0.15, 0.2) is 0 Å². The van der Waals surface area contributed by atoms with E-state index in [4.69, 9.17) is 10.2 Å². The van der Waals surface area contributed by atoms with Crippen LogP contribution in [0.25, 0.3) is 0 Å². The summed E-state index contributed by atoms with van der Waals surface area (Å²) in [6.07, 6.45) is 0. The quantitative estimate of drug-likeness (QED) is 0.789. The Hall–Kier alpha value is -0.900. The van der Waals surface area contributed by atoms with E-state index in [9.17, 15) is 0 Å². The first-order valence-corrected chi connectivity index (χ1v) is 4.91. The second-order valence-corrected chi connectivity index (χ2v) is 4.98. The summed E-state index contributed by atoms with van der Waals surface area (Å²) in [6.45, 7) is 10.2. The molecule has 0 aliphatic heterocycles. The van der Waals surface area contributed by atoms with Crippen LogP contribution in [0.1, 0.15) is 58.4 Å². The molecular formula is C10H19N3O. The Labute approximate surface area is 84.9 Å². The van der Waals surface area contributed by atoms with Crippen molar-refractivity contribution >= 4 is 0 Å². The fourth-order valence-electron chi connectivity index (χ4n) is 0.976. The maximum Gasteiger partial charge on any atom is 0.233 e. The lowest BCUT2D eigenvalue weighted by molar-refractivity contribution is 0.270. The van der Waals surface area contributed by atoms with Gasteiger partial charge < -0.3 is 10.2 Å². The second kappa shape index (κ2) is 3.69. The Morgan fingerprint density at radius 1 is 1.14 bits per heavy atom. The largest absolute Gasteiger partial charge is 0.423 e. The van der Waals surface area contributed by atoms with E-state index in [2.05, 4.69) is 31.0 Å². The van der Waals surface area contributed by atoms with Gasteiger partial charge in [0.1, 0.15) is 0 Å². The van der Waals surface area contributed by atoms with Crippen molar-refractivity contribution in [1.82, 2.24) is 10.2 Å². The predicted octanol–water partition coefficient (Wildman–Crippen LogP) is 2.24. The molecule has 0 bridgehead atoms. The Balaban J connectivity index is 2.87. The lowest BCUT2D eigenvalue weighted by atomic mass is 9.87. The van der Waals surface area contributed by atoms with Crippen LogP contribution in [0.5, 0.6) is 0 Å². The molecule has 0 amide bonds. The van der Waals surface area contributed by atoms with Crippen molar-refractivity contribution in [3.63, 3.8) is 0 Å². The molecule has 0 aliphatic carbocycles. The summed E-state index contributed by atoms with van der Waals surface area (Å²) in [5.41, 5.74) is 5.93. The molecule has 0 aromatic carbocycles. The zero-order chi connectivity index (χ0) is 10.9. The van der Waals surface area contributed by atoms with Gasteiger partial charge in [0.2, 0.25) is 11.8 Å². The van der Waals surface area contributed by atoms with E-state index in [-0.39, 0.29) is 17.4 Å². The normalized spacial score (nSPS) is 14.8. The Bertz CT molecular complexity index is 299. The van der Waals surface area contributed by atoms with Gasteiger partial charge in [-0.15, -0.1) is 10.2 Å². The number of rotatable bonds is 2. The first-order chi connectivity index (χ1) is 6.32. The van der Waals surface area contributed by atoms with Crippen LogP contribution in [-0.2, 0) is 0 Å². The van der Waals surface area contributed by atoms with Gasteiger partial charge in [-0.2, -0.15) is 0 Å². The third-order valence-corrected chi connectivity index (χ3v) is 2.15. The molecule has 0 spiro atoms. The highest BCUT2D eigenvalue weighted by molar-refractivity contribution is 4.96. The predicted molar refractivity (Wildman–Crippen MR) is 54.8 cm³/mol. The SMILES string of the molecule is CC(C)c1nnc(C(N)C(C)(C)C)o1. The minimum Gasteiger partial charge on any atom is -0.423 e. The molecule has 80 valence electrons. The highest BCUT2D eigenvalue weighted by atomic mass is 16.4. The molecule has 0 radical (unpaired) electrons. The molecular weight excluding hydrogens is 178 g/mol. The maximum absolute atomic E-state index is 5.99. The lowest BCUT2D eigenvalue weighted by Gasteiger charge is -2.23. The number of hydrogen-bond acceptors (Lipinski definition) is 4. The summed E-state index contributed by atoms with van der Waals surface area (Å²) in [6, 6.07) is -0.206. The fourth-order valence-corrected chi connectivity index (χ4v) is 0.976. The van der Waals surface area contributed by atoms with Crippen LogP contribution >= 0.6 is 0 Å². The molecule has 4 heteroatoms. The number of hydrogen-bond donors (Lipinski definition) is 1. The van der Waals surface area contributed by atoms with Crippen LogP contribution in [0.2, 0.25) is 0 Å². The van der Waals surface area contributed by atoms with Gasteiger partial charge in [0.05, 0.1) is 6.04 Å². The van der Waals surface area contributed by atoms with Crippen LogP contribution < -0.4 is 5.73 Å². The molecule has 1 aromatic heterocycles. The zero-order valence-electron chi connectivity index (χ0n) is 9.53. The molecule has 1 unspecified atom stereocenters. The van der Waals surface area contributed by atoms with Crippen LogP contribution in [0.15, 0.2) is 4.42 Å². The van der Waals surface area contributed by atoms with E-state index in [1.807, 2.05) is 13.8 Å². The summed E-state index contributed by atoms with van der Waals surface area (Å²) < 4.78 is 5.49. The van der Waals surface area contributed by atoms with Crippen LogP contribution in [-0.4, -0.2) is 10.2 Å². The summed E-state index contributed by atoms with van der Waals surface area (Å²) in [5.74, 6) is 1.43. The first-order valence-electron chi connectivity index (χ1n) is 4.91. The monoisotopic (exact) mass is 197 g/mol. The molecule has 2 N–H and O–H groups in total. The Kier molecular flexibility index (Phi) is 2.95. The molecule has 0 fully saturated rings. The summed E-state index contributed by atoms with van der Waals surface area (Å²) in [7, 11) is 0. The van der Waals surface area contributed by atoms with Crippen molar-refractivity contribution in [2.45, 2.75) is 46.6 Å². The second-order valence-electron chi connectivity index (χ2n) is 4.98. The van der Waals surface area contributed by atoms with Crippen molar-refractivity contribution in [1.29, 1.82) is 0 Å². The lowest BCUT2D eigenvalue weighted by Crippen LogP contribution is -2.26. The van der Waals surface area contributed by atoms with Gasteiger partial charge >= 0.3 is 0 Å². The molecule has 0 saturated carbocycles. The topological polar surface area (TPSA) is 64.9 Å². The van der Waals surface area contributed by atoms with E-state index >= 15 is 0 Å². The smallest absolute Gasteiger partial charge is 0.233 e. The molecule has 0 saturated heterocycles. The molecule has 1 heterocycles.